The lowest BCUT2D eigenvalue weighted by atomic mass is 9.90. The van der Waals surface area contributed by atoms with Gasteiger partial charge in [0.25, 0.3) is 0 Å². The summed E-state index contributed by atoms with van der Waals surface area (Å²) in [6.45, 7) is 2.19. The number of phenols is 1. The van der Waals surface area contributed by atoms with Crippen LogP contribution in [0, 0.1) is 0 Å². The fraction of sp³-hybridized carbons (Fsp3) is 0.600. The second-order valence-corrected chi connectivity index (χ2v) is 5.23. The van der Waals surface area contributed by atoms with Gasteiger partial charge in [-0.3, -0.25) is 0 Å². The minimum Gasteiger partial charge on any atom is -0.508 e. The molecule has 0 bridgehead atoms. The molecule has 0 amide bonds. The summed E-state index contributed by atoms with van der Waals surface area (Å²) in [5, 5.41) is 23.4. The van der Waals surface area contributed by atoms with Gasteiger partial charge in [-0.25, -0.2) is 0 Å². The van der Waals surface area contributed by atoms with E-state index in [2.05, 4.69) is 12.2 Å². The Bertz CT molecular complexity index is 384. The SMILES string of the molecule is CCC[C@H]1CCC[C@@H]([C@@H](O)c2cccc(O)c2)N1.Cl. The Morgan fingerprint density at radius 1 is 1.37 bits per heavy atom. The van der Waals surface area contributed by atoms with Crippen LogP contribution in [0.5, 0.6) is 5.75 Å². The fourth-order valence-corrected chi connectivity index (χ4v) is 2.82. The summed E-state index contributed by atoms with van der Waals surface area (Å²) in [6.07, 6.45) is 5.18. The highest BCUT2D eigenvalue weighted by molar-refractivity contribution is 5.85. The van der Waals surface area contributed by atoms with E-state index in [4.69, 9.17) is 0 Å². The molecular formula is C15H24ClNO2. The summed E-state index contributed by atoms with van der Waals surface area (Å²) in [5.41, 5.74) is 0.796. The van der Waals surface area contributed by atoms with Crippen molar-refractivity contribution >= 4 is 12.4 Å². The first kappa shape index (κ1) is 16.3. The van der Waals surface area contributed by atoms with E-state index < -0.39 is 6.10 Å². The number of rotatable bonds is 4. The third kappa shape index (κ3) is 4.37. The Kier molecular flexibility index (Phi) is 6.63. The third-order valence-corrected chi connectivity index (χ3v) is 3.75. The molecule has 108 valence electrons. The van der Waals surface area contributed by atoms with Gasteiger partial charge in [0.15, 0.2) is 0 Å². The molecule has 1 aromatic rings. The maximum atomic E-state index is 10.4. The molecule has 0 spiro atoms. The van der Waals surface area contributed by atoms with Crippen LogP contribution in [-0.4, -0.2) is 22.3 Å². The first-order valence-electron chi connectivity index (χ1n) is 6.93. The molecule has 1 aliphatic rings. The molecule has 0 aliphatic carbocycles. The van der Waals surface area contributed by atoms with Crippen LogP contribution in [-0.2, 0) is 0 Å². The Balaban J connectivity index is 0.00000180. The topological polar surface area (TPSA) is 52.5 Å². The Morgan fingerprint density at radius 2 is 2.16 bits per heavy atom. The number of nitrogens with one attached hydrogen (secondary N) is 1. The monoisotopic (exact) mass is 285 g/mol. The van der Waals surface area contributed by atoms with E-state index >= 15 is 0 Å². The zero-order valence-electron chi connectivity index (χ0n) is 11.4. The summed E-state index contributed by atoms with van der Waals surface area (Å²) in [6, 6.07) is 7.56. The van der Waals surface area contributed by atoms with Crippen molar-refractivity contribution in [1.29, 1.82) is 0 Å². The second kappa shape index (κ2) is 7.73. The number of hydrogen-bond acceptors (Lipinski definition) is 3. The number of hydrogen-bond donors (Lipinski definition) is 3. The van der Waals surface area contributed by atoms with Crippen LogP contribution in [0.25, 0.3) is 0 Å². The van der Waals surface area contributed by atoms with E-state index in [0.29, 0.717) is 6.04 Å². The molecule has 0 unspecified atom stereocenters. The summed E-state index contributed by atoms with van der Waals surface area (Å²) >= 11 is 0. The standard InChI is InChI=1S/C15H23NO2.ClH/c1-2-5-12-7-4-9-14(16-12)15(18)11-6-3-8-13(17)10-11;/h3,6,8,10,12,14-18H,2,4-5,7,9H2,1H3;1H/t12-,14-,15-;/m0./s1. The smallest absolute Gasteiger partial charge is 0.115 e. The molecule has 3 nitrogen and oxygen atoms in total. The van der Waals surface area contributed by atoms with Gasteiger partial charge in [0.2, 0.25) is 0 Å². The summed E-state index contributed by atoms with van der Waals surface area (Å²) in [7, 11) is 0. The van der Waals surface area contributed by atoms with Crippen LogP contribution in [0.1, 0.15) is 50.7 Å². The van der Waals surface area contributed by atoms with E-state index in [1.54, 1.807) is 18.2 Å². The van der Waals surface area contributed by atoms with Gasteiger partial charge >= 0.3 is 0 Å². The summed E-state index contributed by atoms with van der Waals surface area (Å²) < 4.78 is 0. The molecule has 0 aromatic heterocycles. The maximum absolute atomic E-state index is 10.4. The van der Waals surface area contributed by atoms with Gasteiger partial charge < -0.3 is 15.5 Å². The molecule has 3 atom stereocenters. The van der Waals surface area contributed by atoms with Crippen LogP contribution in [0.15, 0.2) is 24.3 Å². The zero-order valence-corrected chi connectivity index (χ0v) is 12.2. The number of aliphatic hydroxyl groups is 1. The van der Waals surface area contributed by atoms with Gasteiger partial charge in [-0.15, -0.1) is 12.4 Å². The van der Waals surface area contributed by atoms with E-state index in [9.17, 15) is 10.2 Å². The van der Waals surface area contributed by atoms with Crippen LogP contribution < -0.4 is 5.32 Å². The lowest BCUT2D eigenvalue weighted by molar-refractivity contribution is 0.0996. The Labute approximate surface area is 121 Å². The van der Waals surface area contributed by atoms with Crippen LogP contribution in [0.3, 0.4) is 0 Å². The van der Waals surface area contributed by atoms with Crippen molar-refractivity contribution in [2.45, 2.75) is 57.2 Å². The van der Waals surface area contributed by atoms with E-state index in [-0.39, 0.29) is 24.2 Å². The number of aromatic hydroxyl groups is 1. The number of piperidine rings is 1. The van der Waals surface area contributed by atoms with Gasteiger partial charge in [-0.1, -0.05) is 31.9 Å². The lowest BCUT2D eigenvalue weighted by Gasteiger charge is -2.34. The highest BCUT2D eigenvalue weighted by atomic mass is 35.5. The van der Waals surface area contributed by atoms with E-state index in [1.165, 1.54) is 19.3 Å². The molecule has 1 heterocycles. The number of halogens is 1. The minimum absolute atomic E-state index is 0. The zero-order chi connectivity index (χ0) is 13.0. The molecule has 1 saturated heterocycles. The molecule has 1 aromatic carbocycles. The van der Waals surface area contributed by atoms with Crippen molar-refractivity contribution in [1.82, 2.24) is 5.32 Å². The maximum Gasteiger partial charge on any atom is 0.115 e. The molecule has 1 aliphatic heterocycles. The van der Waals surface area contributed by atoms with E-state index in [0.717, 1.165) is 18.4 Å². The molecule has 2 rings (SSSR count). The predicted octanol–water partition coefficient (Wildman–Crippen LogP) is 3.16. The van der Waals surface area contributed by atoms with Crippen molar-refractivity contribution in [3.63, 3.8) is 0 Å². The Hall–Kier alpha value is -0.770. The van der Waals surface area contributed by atoms with Gasteiger partial charge in [-0.2, -0.15) is 0 Å². The van der Waals surface area contributed by atoms with Crippen molar-refractivity contribution < 1.29 is 10.2 Å². The third-order valence-electron chi connectivity index (χ3n) is 3.75. The van der Waals surface area contributed by atoms with Gasteiger partial charge in [0.1, 0.15) is 5.75 Å². The van der Waals surface area contributed by atoms with Gasteiger partial charge in [-0.05, 0) is 37.0 Å². The fourth-order valence-electron chi connectivity index (χ4n) is 2.82. The summed E-state index contributed by atoms with van der Waals surface area (Å²) in [4.78, 5) is 0. The average molecular weight is 286 g/mol. The van der Waals surface area contributed by atoms with Crippen molar-refractivity contribution in [3.8, 4) is 5.75 Å². The quantitative estimate of drug-likeness (QED) is 0.796. The molecule has 19 heavy (non-hydrogen) atoms. The normalized spacial score (nSPS) is 24.5. The Morgan fingerprint density at radius 3 is 2.84 bits per heavy atom. The number of phenolic OH excluding ortho intramolecular Hbond substituents is 1. The van der Waals surface area contributed by atoms with Crippen LogP contribution >= 0.6 is 12.4 Å². The predicted molar refractivity (Wildman–Crippen MR) is 79.8 cm³/mol. The van der Waals surface area contributed by atoms with Crippen molar-refractivity contribution in [2.75, 3.05) is 0 Å². The molecule has 0 radical (unpaired) electrons. The largest absolute Gasteiger partial charge is 0.508 e. The first-order chi connectivity index (χ1) is 8.70. The number of aliphatic hydroxyl groups excluding tert-OH is 1. The van der Waals surface area contributed by atoms with Crippen molar-refractivity contribution in [2.24, 2.45) is 0 Å². The van der Waals surface area contributed by atoms with Crippen molar-refractivity contribution in [3.05, 3.63) is 29.8 Å². The van der Waals surface area contributed by atoms with Gasteiger partial charge in [0.05, 0.1) is 6.10 Å². The molecule has 4 heteroatoms. The second-order valence-electron chi connectivity index (χ2n) is 5.23. The van der Waals surface area contributed by atoms with Crippen LogP contribution in [0.4, 0.5) is 0 Å². The average Bonchev–Trinajstić information content (AvgIpc) is 2.39. The van der Waals surface area contributed by atoms with Gasteiger partial charge in [0, 0.05) is 12.1 Å². The molecule has 0 saturated carbocycles. The molecular weight excluding hydrogens is 262 g/mol. The first-order valence-corrected chi connectivity index (χ1v) is 6.93. The summed E-state index contributed by atoms with van der Waals surface area (Å²) in [5.74, 6) is 0.215. The molecule has 1 fully saturated rings. The molecule has 3 N–H and O–H groups in total. The minimum atomic E-state index is -0.531. The van der Waals surface area contributed by atoms with E-state index in [1.807, 2.05) is 6.07 Å². The lowest BCUT2D eigenvalue weighted by Crippen LogP contribution is -2.45. The number of benzene rings is 1. The van der Waals surface area contributed by atoms with Crippen LogP contribution in [0.2, 0.25) is 0 Å². The highest BCUT2D eigenvalue weighted by Crippen LogP contribution is 2.27. The highest BCUT2D eigenvalue weighted by Gasteiger charge is 2.27.